The van der Waals surface area contributed by atoms with Gasteiger partial charge in [-0.15, -0.1) is 0 Å². The minimum absolute atomic E-state index is 0.0753. The van der Waals surface area contributed by atoms with Crippen LogP contribution in [0.1, 0.15) is 6.92 Å². The molecule has 0 aromatic heterocycles. The van der Waals surface area contributed by atoms with E-state index >= 15 is 0 Å². The minimum atomic E-state index is -0.0753. The van der Waals surface area contributed by atoms with E-state index in [0.717, 1.165) is 0 Å². The highest BCUT2D eigenvalue weighted by molar-refractivity contribution is 5.72. The maximum atomic E-state index is 10.1. The Bertz CT molecular complexity index is 114. The molecule has 0 saturated carbocycles. The van der Waals surface area contributed by atoms with E-state index < -0.39 is 0 Å². The van der Waals surface area contributed by atoms with Crippen LogP contribution in [0.5, 0.6) is 0 Å². The van der Waals surface area contributed by atoms with Gasteiger partial charge in [-0.1, -0.05) is 0 Å². The van der Waals surface area contributed by atoms with Crippen LogP contribution >= 0.6 is 0 Å². The summed E-state index contributed by atoms with van der Waals surface area (Å²) in [6.45, 7) is 8.60. The van der Waals surface area contributed by atoms with E-state index in [1.165, 1.54) is 6.92 Å². The zero-order chi connectivity index (χ0) is 6.41. The topological polar surface area (TPSA) is 33.5 Å². The smallest absolute Gasteiger partial charge is 0.231 e. The predicted molar refractivity (Wildman–Crippen MR) is 30.2 cm³/mol. The molecule has 8 heavy (non-hydrogen) atoms. The number of rotatable bonds is 2. The van der Waals surface area contributed by atoms with Gasteiger partial charge in [-0.25, -0.2) is 6.57 Å². The molecule has 0 heterocycles. The van der Waals surface area contributed by atoms with E-state index in [2.05, 4.69) is 10.2 Å². The lowest BCUT2D eigenvalue weighted by molar-refractivity contribution is -0.118. The summed E-state index contributed by atoms with van der Waals surface area (Å²) in [5.74, 6) is -0.0753. The molecule has 0 aliphatic heterocycles. The lowest BCUT2D eigenvalue weighted by Gasteiger charge is -1.90. The van der Waals surface area contributed by atoms with Crippen molar-refractivity contribution < 1.29 is 4.79 Å². The highest BCUT2D eigenvalue weighted by Crippen LogP contribution is 1.63. The van der Waals surface area contributed by atoms with Gasteiger partial charge in [0.05, 0.1) is 6.54 Å². The molecule has 0 rings (SSSR count). The average molecular weight is 112 g/mol. The van der Waals surface area contributed by atoms with Gasteiger partial charge in [-0.05, 0) is 0 Å². The molecule has 3 heteroatoms. The molecule has 0 aliphatic carbocycles. The first-order valence-corrected chi connectivity index (χ1v) is 2.35. The van der Waals surface area contributed by atoms with Crippen LogP contribution in [0.2, 0.25) is 0 Å². The third-order valence-electron chi connectivity index (χ3n) is 0.598. The second-order valence-electron chi connectivity index (χ2n) is 1.36. The molecule has 0 aromatic carbocycles. The molecule has 0 aliphatic rings. The van der Waals surface area contributed by atoms with Crippen molar-refractivity contribution in [2.75, 3.05) is 13.1 Å². The van der Waals surface area contributed by atoms with Gasteiger partial charge in [-0.3, -0.25) is 4.79 Å². The molecule has 0 radical (unpaired) electrons. The number of hydrogen-bond acceptors (Lipinski definition) is 1. The Morgan fingerprint density at radius 3 is 2.88 bits per heavy atom. The van der Waals surface area contributed by atoms with E-state index in [4.69, 9.17) is 6.57 Å². The average Bonchev–Trinajstić information content (AvgIpc) is 1.66. The fraction of sp³-hybridized carbons (Fsp3) is 0.600. The molecule has 0 aromatic rings. The number of nitrogens with zero attached hydrogens (tertiary/aromatic N) is 1. The third-order valence-corrected chi connectivity index (χ3v) is 0.598. The van der Waals surface area contributed by atoms with Crippen LogP contribution < -0.4 is 5.32 Å². The van der Waals surface area contributed by atoms with Gasteiger partial charge in [-0.2, -0.15) is 0 Å². The SMILES string of the molecule is [C-]#[N+]CCNC(C)=O. The van der Waals surface area contributed by atoms with Gasteiger partial charge >= 0.3 is 0 Å². The Kier molecular flexibility index (Phi) is 3.59. The summed E-state index contributed by atoms with van der Waals surface area (Å²) in [6, 6.07) is 0. The Hall–Kier alpha value is -1.04. The molecule has 0 bridgehead atoms. The minimum Gasteiger partial charge on any atom is -0.349 e. The summed E-state index contributed by atoms with van der Waals surface area (Å²) < 4.78 is 0. The number of carbonyl (C=O) groups is 1. The molecule has 1 N–H and O–H groups in total. The summed E-state index contributed by atoms with van der Waals surface area (Å²) in [5, 5.41) is 2.49. The van der Waals surface area contributed by atoms with Crippen molar-refractivity contribution in [2.45, 2.75) is 6.92 Å². The fourth-order valence-corrected chi connectivity index (χ4v) is 0.288. The second kappa shape index (κ2) is 4.13. The summed E-state index contributed by atoms with van der Waals surface area (Å²) in [4.78, 5) is 13.1. The molecule has 44 valence electrons. The number of nitrogens with one attached hydrogen (secondary N) is 1. The summed E-state index contributed by atoms with van der Waals surface area (Å²) in [7, 11) is 0. The van der Waals surface area contributed by atoms with Gasteiger partial charge in [0.2, 0.25) is 12.5 Å². The van der Waals surface area contributed by atoms with Crippen molar-refractivity contribution in [1.82, 2.24) is 5.32 Å². The maximum absolute atomic E-state index is 10.1. The van der Waals surface area contributed by atoms with Crippen LogP contribution in [0, 0.1) is 6.57 Å². The molecule has 0 atom stereocenters. The van der Waals surface area contributed by atoms with Crippen molar-refractivity contribution in [3.05, 3.63) is 11.4 Å². The van der Waals surface area contributed by atoms with Crippen LogP contribution in [-0.4, -0.2) is 19.0 Å². The Labute approximate surface area is 48.5 Å². The Balaban J connectivity index is 2.97. The van der Waals surface area contributed by atoms with Crippen molar-refractivity contribution in [3.8, 4) is 0 Å². The van der Waals surface area contributed by atoms with Gasteiger partial charge in [0.25, 0.3) is 0 Å². The van der Waals surface area contributed by atoms with Crippen LogP contribution in [0.15, 0.2) is 0 Å². The Morgan fingerprint density at radius 2 is 2.50 bits per heavy atom. The normalized spacial score (nSPS) is 7.50. The first-order valence-electron chi connectivity index (χ1n) is 2.35. The van der Waals surface area contributed by atoms with Crippen molar-refractivity contribution >= 4 is 5.91 Å². The molecule has 0 unspecified atom stereocenters. The third kappa shape index (κ3) is 4.96. The van der Waals surface area contributed by atoms with E-state index in [1.807, 2.05) is 0 Å². The van der Waals surface area contributed by atoms with Crippen molar-refractivity contribution in [2.24, 2.45) is 0 Å². The lowest BCUT2D eigenvalue weighted by Crippen LogP contribution is -2.22. The summed E-state index contributed by atoms with van der Waals surface area (Å²) >= 11 is 0. The zero-order valence-electron chi connectivity index (χ0n) is 4.77. The fourth-order valence-electron chi connectivity index (χ4n) is 0.288. The molecule has 1 amide bonds. The van der Waals surface area contributed by atoms with Crippen molar-refractivity contribution in [3.63, 3.8) is 0 Å². The number of hydrogen-bond donors (Lipinski definition) is 1. The lowest BCUT2D eigenvalue weighted by atomic mass is 10.6. The molecular formula is C5H8N2O. The van der Waals surface area contributed by atoms with Crippen LogP contribution in [-0.2, 0) is 4.79 Å². The van der Waals surface area contributed by atoms with E-state index in [9.17, 15) is 4.79 Å². The first-order chi connectivity index (χ1) is 3.77. The maximum Gasteiger partial charge on any atom is 0.231 e. The highest BCUT2D eigenvalue weighted by atomic mass is 16.1. The van der Waals surface area contributed by atoms with E-state index in [-0.39, 0.29) is 5.91 Å². The van der Waals surface area contributed by atoms with Gasteiger partial charge in [0.1, 0.15) is 0 Å². The van der Waals surface area contributed by atoms with Gasteiger partial charge in [0.15, 0.2) is 0 Å². The van der Waals surface area contributed by atoms with Gasteiger partial charge < -0.3 is 10.2 Å². The summed E-state index contributed by atoms with van der Waals surface area (Å²) in [6.07, 6.45) is 0. The van der Waals surface area contributed by atoms with Crippen LogP contribution in [0.3, 0.4) is 0 Å². The second-order valence-corrected chi connectivity index (χ2v) is 1.36. The van der Waals surface area contributed by atoms with Crippen molar-refractivity contribution in [1.29, 1.82) is 0 Å². The number of amides is 1. The zero-order valence-corrected chi connectivity index (χ0v) is 4.77. The standard InChI is InChI=1S/C5H8N2O/c1-5(8)7-4-3-6-2/h3-4H2,1H3,(H,7,8). The molecule has 3 nitrogen and oxygen atoms in total. The summed E-state index contributed by atoms with van der Waals surface area (Å²) in [5.41, 5.74) is 0. The number of carbonyl (C=O) groups excluding carboxylic acids is 1. The predicted octanol–water partition coefficient (Wildman–Crippen LogP) is 0.0418. The van der Waals surface area contributed by atoms with Crippen LogP contribution in [0.4, 0.5) is 0 Å². The largest absolute Gasteiger partial charge is 0.349 e. The van der Waals surface area contributed by atoms with Gasteiger partial charge in [0, 0.05) is 6.92 Å². The molecule has 0 fully saturated rings. The Morgan fingerprint density at radius 1 is 1.88 bits per heavy atom. The van der Waals surface area contributed by atoms with E-state index in [1.54, 1.807) is 0 Å². The molecule has 0 spiro atoms. The monoisotopic (exact) mass is 112 g/mol. The van der Waals surface area contributed by atoms with Crippen LogP contribution in [0.25, 0.3) is 4.85 Å². The van der Waals surface area contributed by atoms with E-state index in [0.29, 0.717) is 13.1 Å². The quantitative estimate of drug-likeness (QED) is 0.397. The first kappa shape index (κ1) is 6.96. The molecule has 0 saturated heterocycles. The highest BCUT2D eigenvalue weighted by Gasteiger charge is 1.88. The molecular weight excluding hydrogens is 104 g/mol.